The Balaban J connectivity index is 2.00. The van der Waals surface area contributed by atoms with E-state index in [1.165, 1.54) is 17.4 Å². The highest BCUT2D eigenvalue weighted by atomic mass is 32.2. The zero-order valence-corrected chi connectivity index (χ0v) is 16.7. The summed E-state index contributed by atoms with van der Waals surface area (Å²) in [5.41, 5.74) is -0.361. The van der Waals surface area contributed by atoms with Gasteiger partial charge in [-0.15, -0.1) is 11.8 Å². The summed E-state index contributed by atoms with van der Waals surface area (Å²) in [4.78, 5) is 5.27. The first-order chi connectivity index (χ1) is 12.5. The summed E-state index contributed by atoms with van der Waals surface area (Å²) in [7, 11) is 0. The predicted molar refractivity (Wildman–Crippen MR) is 100.0 cm³/mol. The van der Waals surface area contributed by atoms with Crippen LogP contribution in [0, 0.1) is 6.92 Å². The number of rotatable bonds is 5. The van der Waals surface area contributed by atoms with Crippen LogP contribution in [0.15, 0.2) is 22.6 Å². The van der Waals surface area contributed by atoms with Crippen molar-refractivity contribution in [3.05, 3.63) is 39.0 Å². The zero-order chi connectivity index (χ0) is 20.0. The van der Waals surface area contributed by atoms with Crippen molar-refractivity contribution in [2.24, 2.45) is 0 Å². The number of aryl methyl sites for hydroxylation is 1. The minimum Gasteiger partial charge on any atom is -0.396 e. The van der Waals surface area contributed by atoms with E-state index in [1.807, 2.05) is 0 Å². The van der Waals surface area contributed by atoms with Crippen molar-refractivity contribution in [2.75, 3.05) is 12.4 Å². The van der Waals surface area contributed by atoms with E-state index >= 15 is 0 Å². The highest BCUT2D eigenvalue weighted by Gasteiger charge is 2.38. The molecule has 0 saturated heterocycles. The Morgan fingerprint density at radius 2 is 2.07 bits per heavy atom. The van der Waals surface area contributed by atoms with Gasteiger partial charge in [-0.25, -0.2) is 9.50 Å². The number of fused-ring (bicyclic) bond motifs is 1. The minimum atomic E-state index is -4.43. The molecule has 148 valence electrons. The summed E-state index contributed by atoms with van der Waals surface area (Å²) in [6, 6.07) is 0. The Morgan fingerprint density at radius 3 is 2.67 bits per heavy atom. The average molecular weight is 419 g/mol. The number of nitrogens with zero attached hydrogens (tertiary/aromatic N) is 3. The molecule has 0 bridgehead atoms. The quantitative estimate of drug-likeness (QED) is 0.769. The number of imidazole rings is 1. The van der Waals surface area contributed by atoms with E-state index in [-0.39, 0.29) is 29.6 Å². The van der Waals surface area contributed by atoms with Crippen LogP contribution in [0.25, 0.3) is 4.96 Å². The fourth-order valence-electron chi connectivity index (χ4n) is 2.97. The summed E-state index contributed by atoms with van der Waals surface area (Å²) in [5.74, 6) is -0.112. The highest BCUT2D eigenvalue weighted by Crippen LogP contribution is 2.43. The van der Waals surface area contributed by atoms with Gasteiger partial charge in [-0.05, 0) is 32.1 Å². The number of aliphatic hydroxyl groups is 2. The van der Waals surface area contributed by atoms with Crippen molar-refractivity contribution in [1.29, 1.82) is 0 Å². The second-order valence-electron chi connectivity index (χ2n) is 6.82. The van der Waals surface area contributed by atoms with Gasteiger partial charge < -0.3 is 10.2 Å². The summed E-state index contributed by atoms with van der Waals surface area (Å²) >= 11 is 2.28. The number of hydrogen-bond donors (Lipinski definition) is 2. The number of alkyl halides is 3. The Labute approximate surface area is 162 Å². The van der Waals surface area contributed by atoms with Crippen LogP contribution in [0.3, 0.4) is 0 Å². The Hall–Kier alpha value is -1.36. The molecule has 1 unspecified atom stereocenters. The molecule has 0 fully saturated rings. The van der Waals surface area contributed by atoms with Crippen LogP contribution in [-0.4, -0.2) is 43.3 Å². The topological polar surface area (TPSA) is 70.7 Å². The minimum absolute atomic E-state index is 0.167. The molecule has 2 N–H and O–H groups in total. The summed E-state index contributed by atoms with van der Waals surface area (Å²) in [6.45, 7) is 4.86. The highest BCUT2D eigenvalue weighted by molar-refractivity contribution is 8.03. The first kappa shape index (κ1) is 20.4. The van der Waals surface area contributed by atoms with Gasteiger partial charge in [-0.1, -0.05) is 23.5 Å². The molecule has 0 saturated carbocycles. The SMILES string of the molecule is Cc1nc2sc(C(C)(C)O)nn2c1C1C=CC(C(F)(F)F)=C(SCCO)C1. The molecule has 2 aromatic rings. The van der Waals surface area contributed by atoms with Gasteiger partial charge in [-0.2, -0.15) is 18.3 Å². The van der Waals surface area contributed by atoms with Crippen LogP contribution in [-0.2, 0) is 5.60 Å². The summed E-state index contributed by atoms with van der Waals surface area (Å²) < 4.78 is 41.6. The van der Waals surface area contributed by atoms with Crippen molar-refractivity contribution < 1.29 is 23.4 Å². The van der Waals surface area contributed by atoms with Crippen LogP contribution in [0.4, 0.5) is 13.2 Å². The van der Waals surface area contributed by atoms with E-state index in [4.69, 9.17) is 5.11 Å². The van der Waals surface area contributed by atoms with Gasteiger partial charge in [0.2, 0.25) is 4.96 Å². The van der Waals surface area contributed by atoms with E-state index in [9.17, 15) is 18.3 Å². The third-order valence-electron chi connectivity index (χ3n) is 4.17. The number of thioether (sulfide) groups is 1. The van der Waals surface area contributed by atoms with Crippen LogP contribution in [0.5, 0.6) is 0 Å². The molecule has 1 aliphatic rings. The van der Waals surface area contributed by atoms with Crippen LogP contribution in [0.1, 0.15) is 42.6 Å². The first-order valence-electron chi connectivity index (χ1n) is 8.33. The Bertz CT molecular complexity index is 907. The smallest absolute Gasteiger partial charge is 0.396 e. The van der Waals surface area contributed by atoms with E-state index in [0.29, 0.717) is 15.7 Å². The van der Waals surface area contributed by atoms with Crippen molar-refractivity contribution >= 4 is 28.1 Å². The van der Waals surface area contributed by atoms with Gasteiger partial charge in [0, 0.05) is 11.7 Å². The van der Waals surface area contributed by atoms with Gasteiger partial charge in [0.25, 0.3) is 0 Å². The normalized spacial score (nSPS) is 18.7. The van der Waals surface area contributed by atoms with Crippen LogP contribution >= 0.6 is 23.1 Å². The molecular formula is C17H20F3N3O2S2. The molecule has 1 atom stereocenters. The number of hydrogen-bond acceptors (Lipinski definition) is 6. The van der Waals surface area contributed by atoms with Gasteiger partial charge in [0.15, 0.2) is 0 Å². The molecule has 3 rings (SSSR count). The van der Waals surface area contributed by atoms with Crippen LogP contribution < -0.4 is 0 Å². The second-order valence-corrected chi connectivity index (χ2v) is 8.97. The standard InChI is InChI=1S/C17H20F3N3O2S2/c1-9-13(23-15(21-9)27-14(22-23)16(2,3)25)10-4-5-11(17(18,19)20)12(8-10)26-7-6-24/h4-5,10,24-25H,6-8H2,1-3H3. The molecule has 5 nitrogen and oxygen atoms in total. The number of allylic oxidation sites excluding steroid dienone is 4. The molecule has 10 heteroatoms. The van der Waals surface area contributed by atoms with Crippen molar-refractivity contribution in [3.63, 3.8) is 0 Å². The fraction of sp³-hybridized carbons (Fsp3) is 0.529. The summed E-state index contributed by atoms with van der Waals surface area (Å²) in [5, 5.41) is 24.1. The van der Waals surface area contributed by atoms with E-state index in [0.717, 1.165) is 23.5 Å². The molecule has 2 heterocycles. The molecule has 0 aromatic carbocycles. The lowest BCUT2D eigenvalue weighted by molar-refractivity contribution is -0.0889. The number of aliphatic hydroxyl groups excluding tert-OH is 1. The van der Waals surface area contributed by atoms with E-state index in [1.54, 1.807) is 25.3 Å². The van der Waals surface area contributed by atoms with E-state index in [2.05, 4.69) is 10.1 Å². The lowest BCUT2D eigenvalue weighted by Crippen LogP contribution is -2.18. The fourth-order valence-corrected chi connectivity index (χ4v) is 4.89. The third-order valence-corrected chi connectivity index (χ3v) is 6.51. The van der Waals surface area contributed by atoms with Gasteiger partial charge in [0.1, 0.15) is 10.6 Å². The Morgan fingerprint density at radius 1 is 1.37 bits per heavy atom. The molecule has 0 amide bonds. The second kappa shape index (κ2) is 7.23. The molecule has 2 aromatic heterocycles. The van der Waals surface area contributed by atoms with E-state index < -0.39 is 17.4 Å². The maximum absolute atomic E-state index is 13.3. The molecule has 1 aliphatic carbocycles. The monoisotopic (exact) mass is 419 g/mol. The maximum Gasteiger partial charge on any atom is 0.417 e. The molecule has 27 heavy (non-hydrogen) atoms. The first-order valence-corrected chi connectivity index (χ1v) is 10.1. The maximum atomic E-state index is 13.3. The van der Waals surface area contributed by atoms with Crippen molar-refractivity contribution in [3.8, 4) is 0 Å². The molecular weight excluding hydrogens is 399 g/mol. The Kier molecular flexibility index (Phi) is 5.46. The summed E-state index contributed by atoms with van der Waals surface area (Å²) in [6.07, 6.45) is -1.63. The lowest BCUT2D eigenvalue weighted by Gasteiger charge is -2.23. The largest absolute Gasteiger partial charge is 0.417 e. The number of halogens is 3. The lowest BCUT2D eigenvalue weighted by atomic mass is 9.92. The van der Waals surface area contributed by atoms with Gasteiger partial charge >= 0.3 is 6.18 Å². The van der Waals surface area contributed by atoms with Crippen molar-refractivity contribution in [1.82, 2.24) is 14.6 Å². The van der Waals surface area contributed by atoms with Crippen LogP contribution in [0.2, 0.25) is 0 Å². The molecule has 0 radical (unpaired) electrons. The zero-order valence-electron chi connectivity index (χ0n) is 15.0. The number of aromatic nitrogens is 3. The average Bonchev–Trinajstić information content (AvgIpc) is 3.08. The molecule has 0 aliphatic heterocycles. The molecule has 0 spiro atoms. The van der Waals surface area contributed by atoms with Crippen molar-refractivity contribution in [2.45, 2.75) is 44.9 Å². The third kappa shape index (κ3) is 4.08. The van der Waals surface area contributed by atoms with Gasteiger partial charge in [0.05, 0.1) is 23.6 Å². The van der Waals surface area contributed by atoms with Gasteiger partial charge in [-0.3, -0.25) is 0 Å². The predicted octanol–water partition coefficient (Wildman–Crippen LogP) is 3.91.